The number of aliphatic hydroxyl groups is 1. The summed E-state index contributed by atoms with van der Waals surface area (Å²) < 4.78 is 5.86. The minimum absolute atomic E-state index is 0.241. The van der Waals surface area contributed by atoms with Crippen LogP contribution in [0.3, 0.4) is 0 Å². The summed E-state index contributed by atoms with van der Waals surface area (Å²) in [7, 11) is 0. The Bertz CT molecular complexity index is 356. The third-order valence-electron chi connectivity index (χ3n) is 3.80. The van der Waals surface area contributed by atoms with Crippen LogP contribution in [0, 0.1) is 5.92 Å². The molecule has 1 aromatic rings. The first-order valence-electron chi connectivity index (χ1n) is 7.17. The van der Waals surface area contributed by atoms with Crippen LogP contribution in [0.15, 0.2) is 24.3 Å². The zero-order valence-corrected chi connectivity index (χ0v) is 11.3. The van der Waals surface area contributed by atoms with Gasteiger partial charge in [-0.05, 0) is 49.3 Å². The summed E-state index contributed by atoms with van der Waals surface area (Å²) in [6.07, 6.45) is 6.62. The van der Waals surface area contributed by atoms with Crippen LogP contribution in [-0.2, 0) is 6.42 Å². The van der Waals surface area contributed by atoms with Gasteiger partial charge in [0.15, 0.2) is 0 Å². The molecule has 1 atom stereocenters. The van der Waals surface area contributed by atoms with E-state index in [0.29, 0.717) is 0 Å². The fourth-order valence-corrected chi connectivity index (χ4v) is 2.57. The van der Waals surface area contributed by atoms with Gasteiger partial charge in [-0.15, -0.1) is 0 Å². The van der Waals surface area contributed by atoms with E-state index in [-0.39, 0.29) is 6.10 Å². The fourth-order valence-electron chi connectivity index (χ4n) is 2.57. The lowest BCUT2D eigenvalue weighted by Crippen LogP contribution is -2.10. The first-order valence-corrected chi connectivity index (χ1v) is 7.17. The fraction of sp³-hybridized carbons (Fsp3) is 0.625. The Hall–Kier alpha value is -1.02. The molecule has 1 aliphatic carbocycles. The van der Waals surface area contributed by atoms with Crippen molar-refractivity contribution in [1.29, 1.82) is 0 Å². The van der Waals surface area contributed by atoms with Crippen LogP contribution in [0.1, 0.15) is 44.6 Å². The monoisotopic (exact) mass is 248 g/mol. The van der Waals surface area contributed by atoms with Gasteiger partial charge in [0.1, 0.15) is 5.75 Å². The van der Waals surface area contributed by atoms with E-state index in [0.717, 1.165) is 36.7 Å². The number of hydrogen-bond acceptors (Lipinski definition) is 2. The van der Waals surface area contributed by atoms with Crippen LogP contribution in [0.5, 0.6) is 5.75 Å². The molecule has 0 aromatic heterocycles. The Morgan fingerprint density at radius 2 is 2.11 bits per heavy atom. The lowest BCUT2D eigenvalue weighted by atomic mass is 10.1. The maximum Gasteiger partial charge on any atom is 0.119 e. The molecule has 2 heteroatoms. The van der Waals surface area contributed by atoms with Gasteiger partial charge in [-0.25, -0.2) is 0 Å². The Kier molecular flexibility index (Phi) is 5.06. The third kappa shape index (κ3) is 4.02. The van der Waals surface area contributed by atoms with Gasteiger partial charge in [-0.2, -0.15) is 0 Å². The highest BCUT2D eigenvalue weighted by Crippen LogP contribution is 2.26. The summed E-state index contributed by atoms with van der Waals surface area (Å²) in [6.45, 7) is 2.85. The van der Waals surface area contributed by atoms with Gasteiger partial charge in [0.05, 0.1) is 12.7 Å². The molecule has 18 heavy (non-hydrogen) atoms. The van der Waals surface area contributed by atoms with E-state index >= 15 is 0 Å². The van der Waals surface area contributed by atoms with E-state index in [4.69, 9.17) is 4.74 Å². The highest BCUT2D eigenvalue weighted by molar-refractivity contribution is 5.28. The van der Waals surface area contributed by atoms with Crippen LogP contribution < -0.4 is 4.74 Å². The van der Waals surface area contributed by atoms with E-state index < -0.39 is 0 Å². The summed E-state index contributed by atoms with van der Waals surface area (Å²) in [5.41, 5.74) is 1.16. The number of hydrogen-bond donors (Lipinski definition) is 1. The van der Waals surface area contributed by atoms with Gasteiger partial charge in [-0.3, -0.25) is 0 Å². The molecule has 1 N–H and O–H groups in total. The second-order valence-electron chi connectivity index (χ2n) is 5.38. The van der Waals surface area contributed by atoms with Crippen molar-refractivity contribution >= 4 is 0 Å². The second kappa shape index (κ2) is 6.79. The van der Waals surface area contributed by atoms with Crippen LogP contribution in [0.25, 0.3) is 0 Å². The highest BCUT2D eigenvalue weighted by atomic mass is 16.5. The molecule has 0 radical (unpaired) electrons. The lowest BCUT2D eigenvalue weighted by Gasteiger charge is -2.13. The van der Waals surface area contributed by atoms with Crippen molar-refractivity contribution in [2.75, 3.05) is 6.61 Å². The van der Waals surface area contributed by atoms with Crippen molar-refractivity contribution in [3.63, 3.8) is 0 Å². The number of benzene rings is 1. The van der Waals surface area contributed by atoms with Crippen molar-refractivity contribution in [3.05, 3.63) is 29.8 Å². The molecule has 1 aromatic carbocycles. The van der Waals surface area contributed by atoms with E-state index in [1.54, 1.807) is 0 Å². The average molecular weight is 248 g/mol. The maximum absolute atomic E-state index is 9.66. The van der Waals surface area contributed by atoms with Gasteiger partial charge in [0.2, 0.25) is 0 Å². The molecule has 1 aliphatic rings. The predicted octanol–water partition coefficient (Wildman–Crippen LogP) is 3.57. The zero-order valence-electron chi connectivity index (χ0n) is 11.3. The molecule has 100 valence electrons. The summed E-state index contributed by atoms with van der Waals surface area (Å²) >= 11 is 0. The molecule has 0 spiro atoms. The van der Waals surface area contributed by atoms with E-state index in [1.165, 1.54) is 25.7 Å². The zero-order chi connectivity index (χ0) is 12.8. The molecule has 0 heterocycles. The predicted molar refractivity (Wildman–Crippen MR) is 73.9 cm³/mol. The lowest BCUT2D eigenvalue weighted by molar-refractivity contribution is 0.170. The normalized spacial score (nSPS) is 17.9. The summed E-state index contributed by atoms with van der Waals surface area (Å²) in [6, 6.07) is 8.15. The molecule has 0 saturated heterocycles. The summed E-state index contributed by atoms with van der Waals surface area (Å²) in [4.78, 5) is 0. The van der Waals surface area contributed by atoms with Gasteiger partial charge in [-0.1, -0.05) is 31.9 Å². The van der Waals surface area contributed by atoms with Crippen LogP contribution in [0.4, 0.5) is 0 Å². The Balaban J connectivity index is 1.86. The van der Waals surface area contributed by atoms with E-state index in [9.17, 15) is 5.11 Å². The van der Waals surface area contributed by atoms with Gasteiger partial charge in [0, 0.05) is 0 Å². The highest BCUT2D eigenvalue weighted by Gasteiger charge is 2.15. The van der Waals surface area contributed by atoms with Gasteiger partial charge < -0.3 is 9.84 Å². The van der Waals surface area contributed by atoms with Crippen molar-refractivity contribution in [1.82, 2.24) is 0 Å². The van der Waals surface area contributed by atoms with Gasteiger partial charge >= 0.3 is 0 Å². The third-order valence-corrected chi connectivity index (χ3v) is 3.80. The second-order valence-corrected chi connectivity index (χ2v) is 5.38. The van der Waals surface area contributed by atoms with E-state index in [2.05, 4.69) is 12.1 Å². The number of ether oxygens (including phenoxy) is 1. The Morgan fingerprint density at radius 3 is 2.83 bits per heavy atom. The van der Waals surface area contributed by atoms with Crippen molar-refractivity contribution < 1.29 is 9.84 Å². The smallest absolute Gasteiger partial charge is 0.119 e. The SMILES string of the molecule is CC[C@H](O)Cc1cccc(OCC2CCCC2)c1. The molecule has 2 rings (SSSR count). The first-order chi connectivity index (χ1) is 8.78. The molecule has 0 bridgehead atoms. The minimum atomic E-state index is -0.241. The average Bonchev–Trinajstić information content (AvgIpc) is 2.90. The molecule has 0 aliphatic heterocycles. The standard InChI is InChI=1S/C16H24O2/c1-2-15(17)10-14-8-5-9-16(11-14)18-12-13-6-3-4-7-13/h5,8-9,11,13,15,17H,2-4,6-7,10,12H2,1H3/t15-/m0/s1. The quantitative estimate of drug-likeness (QED) is 0.834. The van der Waals surface area contributed by atoms with E-state index in [1.807, 2.05) is 19.1 Å². The minimum Gasteiger partial charge on any atom is -0.493 e. The Labute approximate surface area is 110 Å². The van der Waals surface area contributed by atoms with Crippen LogP contribution in [0.2, 0.25) is 0 Å². The molecule has 0 amide bonds. The summed E-state index contributed by atoms with van der Waals surface area (Å²) in [5, 5.41) is 9.66. The molecule has 0 unspecified atom stereocenters. The largest absolute Gasteiger partial charge is 0.493 e. The van der Waals surface area contributed by atoms with Crippen LogP contribution in [-0.4, -0.2) is 17.8 Å². The number of rotatable bonds is 6. The topological polar surface area (TPSA) is 29.5 Å². The number of aliphatic hydroxyl groups excluding tert-OH is 1. The van der Waals surface area contributed by atoms with Crippen molar-refractivity contribution in [2.24, 2.45) is 5.92 Å². The molecular weight excluding hydrogens is 224 g/mol. The van der Waals surface area contributed by atoms with Gasteiger partial charge in [0.25, 0.3) is 0 Å². The molecule has 2 nitrogen and oxygen atoms in total. The maximum atomic E-state index is 9.66. The van der Waals surface area contributed by atoms with Crippen molar-refractivity contribution in [2.45, 2.75) is 51.6 Å². The molecular formula is C16H24O2. The Morgan fingerprint density at radius 1 is 1.33 bits per heavy atom. The van der Waals surface area contributed by atoms with Crippen molar-refractivity contribution in [3.8, 4) is 5.75 Å². The first kappa shape index (κ1) is 13.4. The van der Waals surface area contributed by atoms with Crippen LogP contribution >= 0.6 is 0 Å². The molecule has 1 fully saturated rings. The summed E-state index contributed by atoms with van der Waals surface area (Å²) in [5.74, 6) is 1.69. The molecule has 1 saturated carbocycles.